The summed E-state index contributed by atoms with van der Waals surface area (Å²) in [5.74, 6) is -0.431. The molecule has 0 spiro atoms. The van der Waals surface area contributed by atoms with E-state index in [0.29, 0.717) is 16.2 Å². The minimum Gasteiger partial charge on any atom is -0.449 e. The van der Waals surface area contributed by atoms with Crippen molar-refractivity contribution in [2.24, 2.45) is 0 Å². The molecule has 0 unspecified atom stereocenters. The highest BCUT2D eigenvalue weighted by atomic mass is 35.5. The van der Waals surface area contributed by atoms with Crippen LogP contribution in [0.15, 0.2) is 46.9 Å². The van der Waals surface area contributed by atoms with Gasteiger partial charge in [0, 0.05) is 23.7 Å². The first-order chi connectivity index (χ1) is 12.9. The molecular weight excluding hydrogens is 364 g/mol. The first-order valence-corrected chi connectivity index (χ1v) is 9.11. The number of carbonyl (C=O) groups excluding carboxylic acids is 2. The number of fused-ring (bicyclic) bond motifs is 1. The Morgan fingerprint density at radius 3 is 2.59 bits per heavy atom. The molecule has 3 rings (SSSR count). The van der Waals surface area contributed by atoms with Gasteiger partial charge in [-0.15, -0.1) is 0 Å². The number of nitrogens with one attached hydrogen (secondary N) is 1. The highest BCUT2D eigenvalue weighted by Crippen LogP contribution is 2.31. The number of hydrogen-bond acceptors (Lipinski definition) is 3. The second-order valence-corrected chi connectivity index (χ2v) is 6.80. The Morgan fingerprint density at radius 1 is 1.15 bits per heavy atom. The first-order valence-electron chi connectivity index (χ1n) is 8.73. The molecular formula is C21H21ClN2O3. The van der Waals surface area contributed by atoms with Gasteiger partial charge in [0.15, 0.2) is 11.3 Å². The molecule has 2 aromatic carbocycles. The third kappa shape index (κ3) is 3.83. The molecule has 0 saturated heterocycles. The SMILES string of the molecule is CCc1ccccc1NC(=O)CN(C)C(=O)c1oc2c(Cl)cccc2c1C. The summed E-state index contributed by atoms with van der Waals surface area (Å²) in [7, 11) is 1.57. The Morgan fingerprint density at radius 2 is 1.89 bits per heavy atom. The van der Waals surface area contributed by atoms with Gasteiger partial charge in [0.2, 0.25) is 5.91 Å². The zero-order chi connectivity index (χ0) is 19.6. The number of anilines is 1. The Kier molecular flexibility index (Phi) is 5.51. The van der Waals surface area contributed by atoms with Crippen LogP contribution in [0, 0.1) is 6.92 Å². The van der Waals surface area contributed by atoms with Crippen LogP contribution in [0.2, 0.25) is 5.02 Å². The van der Waals surface area contributed by atoms with Gasteiger partial charge in [-0.2, -0.15) is 0 Å². The van der Waals surface area contributed by atoms with E-state index in [1.807, 2.05) is 43.3 Å². The van der Waals surface area contributed by atoms with Crippen LogP contribution in [0.5, 0.6) is 0 Å². The maximum atomic E-state index is 12.8. The number of para-hydroxylation sites is 2. The lowest BCUT2D eigenvalue weighted by molar-refractivity contribution is -0.116. The quantitative estimate of drug-likeness (QED) is 0.695. The van der Waals surface area contributed by atoms with Crippen molar-refractivity contribution < 1.29 is 14.0 Å². The van der Waals surface area contributed by atoms with Gasteiger partial charge >= 0.3 is 0 Å². The fourth-order valence-electron chi connectivity index (χ4n) is 3.01. The maximum Gasteiger partial charge on any atom is 0.290 e. The van der Waals surface area contributed by atoms with Crippen LogP contribution in [0.3, 0.4) is 0 Å². The van der Waals surface area contributed by atoms with Gasteiger partial charge in [0.05, 0.1) is 11.6 Å². The van der Waals surface area contributed by atoms with Crippen LogP contribution < -0.4 is 5.32 Å². The normalized spacial score (nSPS) is 10.8. The molecule has 0 saturated carbocycles. The number of hydrogen-bond donors (Lipinski definition) is 1. The molecule has 1 heterocycles. The Bertz CT molecular complexity index is 1010. The molecule has 27 heavy (non-hydrogen) atoms. The minimum atomic E-state index is -0.362. The van der Waals surface area contributed by atoms with Crippen molar-refractivity contribution in [1.29, 1.82) is 0 Å². The predicted molar refractivity (Wildman–Crippen MR) is 107 cm³/mol. The summed E-state index contributed by atoms with van der Waals surface area (Å²) in [5, 5.41) is 4.11. The van der Waals surface area contributed by atoms with E-state index in [0.717, 1.165) is 23.1 Å². The van der Waals surface area contributed by atoms with Crippen molar-refractivity contribution in [3.8, 4) is 0 Å². The van der Waals surface area contributed by atoms with Gasteiger partial charge < -0.3 is 14.6 Å². The van der Waals surface area contributed by atoms with E-state index in [4.69, 9.17) is 16.0 Å². The summed E-state index contributed by atoms with van der Waals surface area (Å²) in [6.45, 7) is 3.75. The molecule has 0 aliphatic rings. The highest BCUT2D eigenvalue weighted by molar-refractivity contribution is 6.35. The molecule has 0 fully saturated rings. The van der Waals surface area contributed by atoms with Gasteiger partial charge in [-0.1, -0.05) is 48.9 Å². The van der Waals surface area contributed by atoms with Crippen LogP contribution in [-0.4, -0.2) is 30.3 Å². The molecule has 0 aliphatic carbocycles. The Labute approximate surface area is 162 Å². The molecule has 2 amide bonds. The second kappa shape index (κ2) is 7.84. The highest BCUT2D eigenvalue weighted by Gasteiger charge is 2.23. The first kappa shape index (κ1) is 19.0. The number of likely N-dealkylation sites (N-methyl/N-ethyl adjacent to an activating group) is 1. The molecule has 1 aromatic heterocycles. The van der Waals surface area contributed by atoms with Gasteiger partial charge in [0.1, 0.15) is 0 Å². The Hall–Kier alpha value is -2.79. The van der Waals surface area contributed by atoms with Crippen molar-refractivity contribution in [1.82, 2.24) is 4.90 Å². The monoisotopic (exact) mass is 384 g/mol. The lowest BCUT2D eigenvalue weighted by Gasteiger charge is -2.17. The van der Waals surface area contributed by atoms with E-state index in [9.17, 15) is 9.59 Å². The molecule has 6 heteroatoms. The molecule has 0 bridgehead atoms. The fraction of sp³-hybridized carbons (Fsp3) is 0.238. The number of furan rings is 1. The molecule has 0 radical (unpaired) electrons. The topological polar surface area (TPSA) is 62.6 Å². The predicted octanol–water partition coefficient (Wildman–Crippen LogP) is 4.67. The zero-order valence-electron chi connectivity index (χ0n) is 15.5. The Balaban J connectivity index is 1.75. The van der Waals surface area contributed by atoms with Crippen LogP contribution in [0.1, 0.15) is 28.6 Å². The molecule has 3 aromatic rings. The van der Waals surface area contributed by atoms with E-state index in [1.54, 1.807) is 20.0 Å². The number of halogens is 1. The summed E-state index contributed by atoms with van der Waals surface area (Å²) >= 11 is 6.15. The van der Waals surface area contributed by atoms with Crippen LogP contribution in [0.4, 0.5) is 5.69 Å². The third-order valence-corrected chi connectivity index (χ3v) is 4.81. The molecule has 5 nitrogen and oxygen atoms in total. The number of nitrogens with zero attached hydrogens (tertiary/aromatic N) is 1. The van der Waals surface area contributed by atoms with Crippen molar-refractivity contribution >= 4 is 40.1 Å². The third-order valence-electron chi connectivity index (χ3n) is 4.51. The molecule has 1 N–H and O–H groups in total. The van der Waals surface area contributed by atoms with Crippen molar-refractivity contribution in [3.63, 3.8) is 0 Å². The van der Waals surface area contributed by atoms with Crippen molar-refractivity contribution in [2.45, 2.75) is 20.3 Å². The number of amides is 2. The number of carbonyl (C=O) groups is 2. The zero-order valence-corrected chi connectivity index (χ0v) is 16.3. The summed E-state index contributed by atoms with van der Waals surface area (Å²) in [4.78, 5) is 26.5. The molecule has 0 aliphatic heterocycles. The van der Waals surface area contributed by atoms with Gasteiger partial charge in [-0.05, 0) is 31.0 Å². The van der Waals surface area contributed by atoms with E-state index in [1.165, 1.54) is 4.90 Å². The van der Waals surface area contributed by atoms with E-state index in [-0.39, 0.29) is 24.1 Å². The van der Waals surface area contributed by atoms with Crippen molar-refractivity contribution in [3.05, 3.63) is 64.4 Å². The number of benzene rings is 2. The van der Waals surface area contributed by atoms with Crippen LogP contribution in [0.25, 0.3) is 11.0 Å². The average Bonchev–Trinajstić information content (AvgIpc) is 2.99. The lowest BCUT2D eigenvalue weighted by atomic mass is 10.1. The smallest absolute Gasteiger partial charge is 0.290 e. The summed E-state index contributed by atoms with van der Waals surface area (Å²) in [6, 6.07) is 13.0. The van der Waals surface area contributed by atoms with E-state index < -0.39 is 0 Å². The fourth-order valence-corrected chi connectivity index (χ4v) is 3.23. The largest absolute Gasteiger partial charge is 0.449 e. The van der Waals surface area contributed by atoms with E-state index in [2.05, 4.69) is 5.32 Å². The van der Waals surface area contributed by atoms with Crippen LogP contribution >= 0.6 is 11.6 Å². The van der Waals surface area contributed by atoms with Gasteiger partial charge in [-0.3, -0.25) is 9.59 Å². The maximum absolute atomic E-state index is 12.8. The average molecular weight is 385 g/mol. The van der Waals surface area contributed by atoms with Gasteiger partial charge in [0.25, 0.3) is 5.91 Å². The number of rotatable bonds is 5. The lowest BCUT2D eigenvalue weighted by Crippen LogP contribution is -2.35. The minimum absolute atomic E-state index is 0.0822. The van der Waals surface area contributed by atoms with Crippen molar-refractivity contribution in [2.75, 3.05) is 18.9 Å². The summed E-state index contributed by atoms with van der Waals surface area (Å²) < 4.78 is 5.69. The van der Waals surface area contributed by atoms with Crippen LogP contribution in [-0.2, 0) is 11.2 Å². The van der Waals surface area contributed by atoms with Gasteiger partial charge in [-0.25, -0.2) is 0 Å². The van der Waals surface area contributed by atoms with E-state index >= 15 is 0 Å². The number of aryl methyl sites for hydroxylation is 2. The summed E-state index contributed by atoms with van der Waals surface area (Å²) in [6.07, 6.45) is 0.810. The standard InChI is InChI=1S/C21H21ClN2O3/c1-4-14-8-5-6-11-17(14)23-18(25)12-24(3)21(26)19-13(2)15-9-7-10-16(22)20(15)27-19/h5-11H,4,12H2,1-3H3,(H,23,25). The summed E-state index contributed by atoms with van der Waals surface area (Å²) in [5.41, 5.74) is 3.00. The molecule has 0 atom stereocenters. The molecule has 140 valence electrons. The second-order valence-electron chi connectivity index (χ2n) is 6.39.